The van der Waals surface area contributed by atoms with Gasteiger partial charge in [-0.3, -0.25) is 4.79 Å². The van der Waals surface area contributed by atoms with Gasteiger partial charge in [-0.15, -0.1) is 5.10 Å². The van der Waals surface area contributed by atoms with E-state index in [4.69, 9.17) is 4.98 Å². The van der Waals surface area contributed by atoms with Gasteiger partial charge in [0.2, 0.25) is 5.95 Å². The van der Waals surface area contributed by atoms with Crippen LogP contribution in [-0.2, 0) is 12.8 Å². The molecule has 2 aromatic carbocycles. The zero-order valence-corrected chi connectivity index (χ0v) is 22.5. The predicted molar refractivity (Wildman–Crippen MR) is 154 cm³/mol. The monoisotopic (exact) mass is 523 g/mol. The highest BCUT2D eigenvalue weighted by Crippen LogP contribution is 2.28. The number of carbonyl (C=O) groups is 1. The molecule has 1 amide bonds. The molecule has 0 aliphatic heterocycles. The summed E-state index contributed by atoms with van der Waals surface area (Å²) in [6.45, 7) is 0.709. The summed E-state index contributed by atoms with van der Waals surface area (Å²) in [4.78, 5) is 21.9. The van der Waals surface area contributed by atoms with Crippen LogP contribution in [-0.4, -0.2) is 37.4 Å². The minimum absolute atomic E-state index is 0.0545. The molecule has 202 valence electrons. The molecule has 0 spiro atoms. The van der Waals surface area contributed by atoms with Gasteiger partial charge < -0.3 is 10.6 Å². The molecule has 0 atom stereocenters. The fraction of sp³-hybridized carbons (Fsp3) is 0.452. The minimum Gasteiger partial charge on any atom is -0.352 e. The predicted octanol–water partition coefficient (Wildman–Crippen LogP) is 6.31. The number of aromatic nitrogens is 5. The van der Waals surface area contributed by atoms with E-state index in [2.05, 4.69) is 44.1 Å². The lowest BCUT2D eigenvalue weighted by Gasteiger charge is -2.21. The smallest absolute Gasteiger partial charge is 0.251 e. The first kappa shape index (κ1) is 25.5. The summed E-state index contributed by atoms with van der Waals surface area (Å²) in [5, 5.41) is 14.9. The van der Waals surface area contributed by atoms with Crippen LogP contribution in [0.3, 0.4) is 0 Å². The Morgan fingerprint density at radius 2 is 1.85 bits per heavy atom. The quantitative estimate of drug-likeness (QED) is 0.236. The Morgan fingerprint density at radius 3 is 2.77 bits per heavy atom. The average Bonchev–Trinajstić information content (AvgIpc) is 3.62. The lowest BCUT2D eigenvalue weighted by atomic mass is 9.85. The summed E-state index contributed by atoms with van der Waals surface area (Å²) in [7, 11) is 0. The highest BCUT2D eigenvalue weighted by Gasteiger charge is 2.16. The summed E-state index contributed by atoms with van der Waals surface area (Å²) < 4.78 is 1.76. The fourth-order valence-electron chi connectivity index (χ4n) is 6.03. The van der Waals surface area contributed by atoms with E-state index in [1.807, 2.05) is 24.3 Å². The second-order valence-electron chi connectivity index (χ2n) is 11.0. The van der Waals surface area contributed by atoms with Gasteiger partial charge >= 0.3 is 0 Å². The number of nitrogens with zero attached hydrogens (tertiary/aromatic N) is 5. The van der Waals surface area contributed by atoms with Crippen molar-refractivity contribution in [2.75, 3.05) is 11.9 Å². The maximum absolute atomic E-state index is 12.8. The molecule has 1 saturated carbocycles. The molecule has 8 heteroatoms. The van der Waals surface area contributed by atoms with E-state index in [9.17, 15) is 4.79 Å². The number of carbonyl (C=O) groups excluding carboxylic acids is 1. The van der Waals surface area contributed by atoms with Crippen LogP contribution in [0.15, 0.2) is 48.7 Å². The Morgan fingerprint density at radius 1 is 0.949 bits per heavy atom. The number of benzene rings is 2. The van der Waals surface area contributed by atoms with Crippen molar-refractivity contribution >= 4 is 28.7 Å². The third-order valence-electron chi connectivity index (χ3n) is 8.20. The minimum atomic E-state index is -0.0545. The maximum Gasteiger partial charge on any atom is 0.251 e. The van der Waals surface area contributed by atoms with Gasteiger partial charge in [-0.05, 0) is 73.1 Å². The Labute approximate surface area is 229 Å². The maximum atomic E-state index is 12.8. The number of unbranched alkanes of at least 4 members (excludes halogenated alkanes) is 2. The first-order valence-electron chi connectivity index (χ1n) is 14.6. The molecule has 2 aliphatic rings. The Hall–Kier alpha value is -3.81. The molecule has 0 bridgehead atoms. The van der Waals surface area contributed by atoms with Crippen LogP contribution in [0.5, 0.6) is 0 Å². The summed E-state index contributed by atoms with van der Waals surface area (Å²) in [6.07, 6.45) is 17.0. The number of nitrogens with one attached hydrogen (secondary N) is 2. The topological polar surface area (TPSA) is 97.6 Å². The van der Waals surface area contributed by atoms with Gasteiger partial charge in [0.1, 0.15) is 0 Å². The molecule has 0 saturated heterocycles. The molecule has 6 rings (SSSR count). The molecule has 39 heavy (non-hydrogen) atoms. The van der Waals surface area contributed by atoms with Crippen molar-refractivity contribution in [3.05, 3.63) is 65.4 Å². The van der Waals surface area contributed by atoms with Crippen LogP contribution in [0.2, 0.25) is 0 Å². The van der Waals surface area contributed by atoms with Crippen molar-refractivity contribution in [1.82, 2.24) is 30.3 Å². The van der Waals surface area contributed by atoms with Gasteiger partial charge in [0.05, 0.1) is 11.9 Å². The van der Waals surface area contributed by atoms with Gasteiger partial charge in [-0.2, -0.15) is 9.67 Å². The second-order valence-corrected chi connectivity index (χ2v) is 11.0. The van der Waals surface area contributed by atoms with Crippen LogP contribution in [0.1, 0.15) is 85.7 Å². The third kappa shape index (κ3) is 6.10. The van der Waals surface area contributed by atoms with Crippen molar-refractivity contribution in [2.24, 2.45) is 5.92 Å². The van der Waals surface area contributed by atoms with Crippen molar-refractivity contribution < 1.29 is 4.79 Å². The zero-order valence-electron chi connectivity index (χ0n) is 22.5. The summed E-state index contributed by atoms with van der Waals surface area (Å²) >= 11 is 0. The lowest BCUT2D eigenvalue weighted by molar-refractivity contribution is 0.0953. The molecular formula is C31H37N7O. The molecule has 2 N–H and O–H groups in total. The molecular weight excluding hydrogens is 486 g/mol. The van der Waals surface area contributed by atoms with Gasteiger partial charge in [0, 0.05) is 17.8 Å². The molecule has 4 aromatic rings. The lowest BCUT2D eigenvalue weighted by Crippen LogP contribution is -2.24. The van der Waals surface area contributed by atoms with E-state index in [0.29, 0.717) is 29.2 Å². The first-order chi connectivity index (χ1) is 19.2. The number of anilines is 2. The first-order valence-corrected chi connectivity index (χ1v) is 14.6. The van der Waals surface area contributed by atoms with E-state index < -0.39 is 0 Å². The summed E-state index contributed by atoms with van der Waals surface area (Å²) in [6, 6.07) is 13.9. The number of fused-ring (bicyclic) bond motifs is 2. The number of amides is 1. The number of hydrogen-bond donors (Lipinski definition) is 2. The molecule has 0 unspecified atom stereocenters. The summed E-state index contributed by atoms with van der Waals surface area (Å²) in [5.74, 6) is 1.31. The number of hydrogen-bond acceptors (Lipinski definition) is 6. The normalized spacial score (nSPS) is 15.4. The molecule has 1 fully saturated rings. The van der Waals surface area contributed by atoms with E-state index in [0.717, 1.165) is 36.6 Å². The Kier molecular flexibility index (Phi) is 7.79. The van der Waals surface area contributed by atoms with Gasteiger partial charge in [0.25, 0.3) is 5.91 Å². The standard InChI is InChI=1S/C31H37N7O/c39-30(32-18-6-2-5-11-22-9-3-1-4-10-22)25-14-8-15-26(19-25)34-31-33-21-28-29(35-31)38(37-36-28)27-17-16-23-12-7-13-24(23)20-27/h8,14-17,19-22H,1-7,9-13,18H2,(H,32,39)(H,33,34,35). The van der Waals surface area contributed by atoms with Crippen LogP contribution >= 0.6 is 0 Å². The molecule has 2 heterocycles. The van der Waals surface area contributed by atoms with E-state index in [-0.39, 0.29) is 5.91 Å². The van der Waals surface area contributed by atoms with Crippen LogP contribution in [0, 0.1) is 5.92 Å². The molecule has 0 radical (unpaired) electrons. The second kappa shape index (κ2) is 11.9. The van der Waals surface area contributed by atoms with Crippen molar-refractivity contribution in [3.8, 4) is 5.69 Å². The van der Waals surface area contributed by atoms with Crippen LogP contribution < -0.4 is 10.6 Å². The fourth-order valence-corrected chi connectivity index (χ4v) is 6.03. The van der Waals surface area contributed by atoms with E-state index in [1.54, 1.807) is 10.9 Å². The van der Waals surface area contributed by atoms with Crippen LogP contribution in [0.4, 0.5) is 11.6 Å². The molecule has 2 aliphatic carbocycles. The Bertz CT molecular complexity index is 1440. The largest absolute Gasteiger partial charge is 0.352 e. The van der Waals surface area contributed by atoms with E-state index >= 15 is 0 Å². The average molecular weight is 524 g/mol. The Balaban J connectivity index is 1.05. The van der Waals surface area contributed by atoms with Gasteiger partial charge in [0.15, 0.2) is 11.2 Å². The number of aryl methyl sites for hydroxylation is 2. The SMILES string of the molecule is O=C(NCCCCCC1CCCCC1)c1cccc(Nc2ncc3nnn(-c4ccc5c(c4)CCC5)c3n2)c1. The van der Waals surface area contributed by atoms with Crippen molar-refractivity contribution in [2.45, 2.75) is 77.0 Å². The number of rotatable bonds is 10. The highest BCUT2D eigenvalue weighted by molar-refractivity contribution is 5.95. The zero-order chi connectivity index (χ0) is 26.4. The molecule has 2 aromatic heterocycles. The van der Waals surface area contributed by atoms with Crippen molar-refractivity contribution in [3.63, 3.8) is 0 Å². The highest BCUT2D eigenvalue weighted by atomic mass is 16.1. The van der Waals surface area contributed by atoms with E-state index in [1.165, 1.54) is 68.9 Å². The molecule has 8 nitrogen and oxygen atoms in total. The van der Waals surface area contributed by atoms with Crippen LogP contribution in [0.25, 0.3) is 16.9 Å². The third-order valence-corrected chi connectivity index (χ3v) is 8.20. The summed E-state index contributed by atoms with van der Waals surface area (Å²) in [5.41, 5.74) is 6.39. The van der Waals surface area contributed by atoms with Gasteiger partial charge in [-0.25, -0.2) is 4.98 Å². The van der Waals surface area contributed by atoms with Crippen molar-refractivity contribution in [1.29, 1.82) is 0 Å². The van der Waals surface area contributed by atoms with Gasteiger partial charge in [-0.1, -0.05) is 68.7 Å².